The van der Waals surface area contributed by atoms with Crippen LogP contribution in [0.5, 0.6) is 0 Å². The van der Waals surface area contributed by atoms with Crippen LogP contribution >= 0.6 is 0 Å². The molecule has 1 aromatic carbocycles. The molecule has 1 N–H and O–H groups in total. The van der Waals surface area contributed by atoms with E-state index >= 15 is 0 Å². The first-order valence-electron chi connectivity index (χ1n) is 9.80. The molecule has 0 saturated carbocycles. The Bertz CT molecular complexity index is 945. The standard InChI is InChI=1S/C22H26N2O5/c1-4-28-22(27)19-10-14(2)24(15(19)3)12-21(26)29-13-20(25)23-18-9-8-16-6-5-7-17(16)11-18/h8-11H,4-7,12-13H2,1-3H3,(H,23,25). The smallest absolute Gasteiger partial charge is 0.339 e. The van der Waals surface area contributed by atoms with Crippen molar-refractivity contribution in [2.75, 3.05) is 18.5 Å². The number of ether oxygens (including phenoxy) is 2. The minimum atomic E-state index is -0.550. The van der Waals surface area contributed by atoms with Gasteiger partial charge in [-0.25, -0.2) is 4.79 Å². The molecule has 1 aromatic heterocycles. The Kier molecular flexibility index (Phi) is 6.36. The number of hydrogen-bond acceptors (Lipinski definition) is 5. The SMILES string of the molecule is CCOC(=O)c1cc(C)n(CC(=O)OCC(=O)Nc2ccc3c(c2)CCC3)c1C. The van der Waals surface area contributed by atoms with Gasteiger partial charge in [-0.3, -0.25) is 9.59 Å². The first-order chi connectivity index (χ1) is 13.9. The number of hydrogen-bond donors (Lipinski definition) is 1. The number of aromatic nitrogens is 1. The topological polar surface area (TPSA) is 86.6 Å². The Balaban J connectivity index is 1.53. The molecule has 0 radical (unpaired) electrons. The van der Waals surface area contributed by atoms with Gasteiger partial charge in [0.2, 0.25) is 0 Å². The molecule has 154 valence electrons. The third kappa shape index (κ3) is 4.85. The van der Waals surface area contributed by atoms with Crippen LogP contribution in [0.25, 0.3) is 0 Å². The van der Waals surface area contributed by atoms with Gasteiger partial charge < -0.3 is 19.4 Å². The van der Waals surface area contributed by atoms with E-state index in [1.165, 1.54) is 11.1 Å². The molecule has 0 saturated heterocycles. The van der Waals surface area contributed by atoms with Gasteiger partial charge in [-0.2, -0.15) is 0 Å². The van der Waals surface area contributed by atoms with Gasteiger partial charge in [-0.15, -0.1) is 0 Å². The van der Waals surface area contributed by atoms with E-state index in [0.717, 1.165) is 25.0 Å². The number of esters is 2. The van der Waals surface area contributed by atoms with Gasteiger partial charge in [0.15, 0.2) is 6.61 Å². The van der Waals surface area contributed by atoms with Crippen molar-refractivity contribution in [1.29, 1.82) is 0 Å². The van der Waals surface area contributed by atoms with Gasteiger partial charge >= 0.3 is 11.9 Å². The lowest BCUT2D eigenvalue weighted by Gasteiger charge is -2.11. The third-order valence-electron chi connectivity index (χ3n) is 5.10. The van der Waals surface area contributed by atoms with Gasteiger partial charge in [0.05, 0.1) is 12.2 Å². The summed E-state index contributed by atoms with van der Waals surface area (Å²) in [6.07, 6.45) is 3.25. The molecule has 0 atom stereocenters. The zero-order valence-corrected chi connectivity index (χ0v) is 17.0. The number of benzene rings is 1. The number of nitrogens with one attached hydrogen (secondary N) is 1. The third-order valence-corrected chi connectivity index (χ3v) is 5.10. The lowest BCUT2D eigenvalue weighted by molar-refractivity contribution is -0.147. The molecular weight excluding hydrogens is 372 g/mol. The molecule has 0 aliphatic heterocycles. The van der Waals surface area contributed by atoms with Crippen molar-refractivity contribution < 1.29 is 23.9 Å². The van der Waals surface area contributed by atoms with Crippen LogP contribution in [0.15, 0.2) is 24.3 Å². The predicted octanol–water partition coefficient (Wildman–Crippen LogP) is 2.95. The number of carbonyl (C=O) groups is 3. The molecule has 3 rings (SSSR count). The molecule has 29 heavy (non-hydrogen) atoms. The highest BCUT2D eigenvalue weighted by Crippen LogP contribution is 2.24. The molecule has 2 aromatic rings. The Morgan fingerprint density at radius 3 is 2.59 bits per heavy atom. The van der Waals surface area contributed by atoms with Crippen molar-refractivity contribution in [2.45, 2.75) is 46.6 Å². The van der Waals surface area contributed by atoms with E-state index < -0.39 is 11.9 Å². The van der Waals surface area contributed by atoms with Gasteiger partial charge in [-0.05, 0) is 69.4 Å². The summed E-state index contributed by atoms with van der Waals surface area (Å²) in [7, 11) is 0. The molecule has 0 bridgehead atoms. The fourth-order valence-electron chi connectivity index (χ4n) is 3.63. The normalized spacial score (nSPS) is 12.4. The summed E-state index contributed by atoms with van der Waals surface area (Å²) < 4.78 is 11.8. The van der Waals surface area contributed by atoms with E-state index in [1.54, 1.807) is 31.4 Å². The first-order valence-corrected chi connectivity index (χ1v) is 9.80. The molecule has 1 heterocycles. The molecule has 1 aliphatic rings. The first kappa shape index (κ1) is 20.6. The van der Waals surface area contributed by atoms with E-state index in [2.05, 4.69) is 5.32 Å². The maximum Gasteiger partial charge on any atom is 0.339 e. The molecule has 1 aliphatic carbocycles. The predicted molar refractivity (Wildman–Crippen MR) is 108 cm³/mol. The maximum atomic E-state index is 12.2. The Morgan fingerprint density at radius 1 is 1.07 bits per heavy atom. The summed E-state index contributed by atoms with van der Waals surface area (Å²) in [4.78, 5) is 36.3. The molecule has 0 spiro atoms. The summed E-state index contributed by atoms with van der Waals surface area (Å²) in [5.41, 5.74) is 5.09. The second kappa shape index (κ2) is 8.94. The average Bonchev–Trinajstić information content (AvgIpc) is 3.26. The quantitative estimate of drug-likeness (QED) is 0.725. The number of nitrogens with zero attached hydrogens (tertiary/aromatic N) is 1. The Labute approximate surface area is 170 Å². The monoisotopic (exact) mass is 398 g/mol. The lowest BCUT2D eigenvalue weighted by Crippen LogP contribution is -2.23. The number of amides is 1. The van der Waals surface area contributed by atoms with Gasteiger partial charge in [-0.1, -0.05) is 6.07 Å². The second-order valence-corrected chi connectivity index (χ2v) is 7.14. The zero-order valence-electron chi connectivity index (χ0n) is 17.0. The van der Waals surface area contributed by atoms with Gasteiger partial charge in [0, 0.05) is 17.1 Å². The van der Waals surface area contributed by atoms with Crippen LogP contribution in [-0.4, -0.2) is 35.6 Å². The molecule has 0 unspecified atom stereocenters. The highest BCUT2D eigenvalue weighted by molar-refractivity contribution is 5.93. The summed E-state index contributed by atoms with van der Waals surface area (Å²) in [5.74, 6) is -1.36. The summed E-state index contributed by atoms with van der Waals surface area (Å²) in [6.45, 7) is 5.12. The summed E-state index contributed by atoms with van der Waals surface area (Å²) in [6, 6.07) is 7.56. The number of fused-ring (bicyclic) bond motifs is 1. The maximum absolute atomic E-state index is 12.2. The van der Waals surface area contributed by atoms with E-state index in [1.807, 2.05) is 18.2 Å². The zero-order chi connectivity index (χ0) is 21.0. The van der Waals surface area contributed by atoms with E-state index in [-0.39, 0.29) is 25.7 Å². The number of carbonyl (C=O) groups excluding carboxylic acids is 3. The minimum Gasteiger partial charge on any atom is -0.462 e. The van der Waals surface area contributed by atoms with E-state index in [9.17, 15) is 14.4 Å². The highest BCUT2D eigenvalue weighted by atomic mass is 16.5. The van der Waals surface area contributed by atoms with Crippen molar-refractivity contribution in [3.05, 3.63) is 52.3 Å². The van der Waals surface area contributed by atoms with Crippen molar-refractivity contribution in [3.8, 4) is 0 Å². The number of aryl methyl sites for hydroxylation is 3. The minimum absolute atomic E-state index is 0.0802. The van der Waals surface area contributed by atoms with Crippen LogP contribution in [0.2, 0.25) is 0 Å². The lowest BCUT2D eigenvalue weighted by atomic mass is 10.1. The van der Waals surface area contributed by atoms with Crippen molar-refractivity contribution in [1.82, 2.24) is 4.57 Å². The number of anilines is 1. The second-order valence-electron chi connectivity index (χ2n) is 7.14. The van der Waals surface area contributed by atoms with E-state index in [4.69, 9.17) is 9.47 Å². The van der Waals surface area contributed by atoms with Crippen molar-refractivity contribution in [2.24, 2.45) is 0 Å². The molecule has 7 heteroatoms. The van der Waals surface area contributed by atoms with Crippen LogP contribution in [0.4, 0.5) is 5.69 Å². The van der Waals surface area contributed by atoms with Crippen LogP contribution in [0.3, 0.4) is 0 Å². The molecule has 1 amide bonds. The van der Waals surface area contributed by atoms with Gasteiger partial charge in [0.1, 0.15) is 6.54 Å². The Hall–Kier alpha value is -3.09. The van der Waals surface area contributed by atoms with Crippen LogP contribution in [0.1, 0.15) is 46.2 Å². The Morgan fingerprint density at radius 2 is 1.83 bits per heavy atom. The number of rotatable bonds is 7. The molecule has 7 nitrogen and oxygen atoms in total. The van der Waals surface area contributed by atoms with Crippen LogP contribution < -0.4 is 5.32 Å². The van der Waals surface area contributed by atoms with Crippen molar-refractivity contribution in [3.63, 3.8) is 0 Å². The summed E-state index contributed by atoms with van der Waals surface area (Å²) >= 11 is 0. The molecule has 0 fully saturated rings. The highest BCUT2D eigenvalue weighted by Gasteiger charge is 2.19. The summed E-state index contributed by atoms with van der Waals surface area (Å²) in [5, 5.41) is 2.76. The van der Waals surface area contributed by atoms with Crippen molar-refractivity contribution >= 4 is 23.5 Å². The molecular formula is C22H26N2O5. The largest absolute Gasteiger partial charge is 0.462 e. The average molecular weight is 398 g/mol. The fraction of sp³-hybridized carbons (Fsp3) is 0.409. The van der Waals surface area contributed by atoms with Crippen LogP contribution in [0, 0.1) is 13.8 Å². The van der Waals surface area contributed by atoms with E-state index in [0.29, 0.717) is 16.9 Å². The van der Waals surface area contributed by atoms with Gasteiger partial charge in [0.25, 0.3) is 5.91 Å². The fourth-order valence-corrected chi connectivity index (χ4v) is 3.63. The van der Waals surface area contributed by atoms with Crippen LogP contribution in [-0.2, 0) is 38.4 Å².